The Morgan fingerprint density at radius 3 is 1.18 bits per heavy atom. The Morgan fingerprint density at radius 2 is 0.868 bits per heavy atom. The molecule has 0 aliphatic heterocycles. The molecular formula is C25H46N6O7. The van der Waals surface area contributed by atoms with Crippen LogP contribution in [0.25, 0.3) is 0 Å². The van der Waals surface area contributed by atoms with Gasteiger partial charge in [0.15, 0.2) is 0 Å². The normalized spacial score (nSPS) is 15.3. The third kappa shape index (κ3) is 11.0. The van der Waals surface area contributed by atoms with Crippen molar-refractivity contribution in [1.29, 1.82) is 0 Å². The molecule has 0 heterocycles. The van der Waals surface area contributed by atoms with Crippen molar-refractivity contribution in [3.63, 3.8) is 0 Å². The maximum atomic E-state index is 13.0. The summed E-state index contributed by atoms with van der Waals surface area (Å²) in [5, 5.41) is 22.4. The van der Waals surface area contributed by atoms with Gasteiger partial charge < -0.3 is 37.4 Å². The maximum Gasteiger partial charge on any atom is 0.245 e. The average molecular weight is 543 g/mol. The number of amides is 6. The second kappa shape index (κ2) is 15.9. The molecule has 0 spiro atoms. The molecule has 218 valence electrons. The van der Waals surface area contributed by atoms with E-state index in [1.807, 2.05) is 0 Å². The molecule has 38 heavy (non-hydrogen) atoms. The minimum atomic E-state index is -1.43. The molecule has 0 radical (unpaired) electrons. The van der Waals surface area contributed by atoms with E-state index in [1.165, 1.54) is 6.92 Å². The van der Waals surface area contributed by atoms with E-state index in [0.29, 0.717) is 0 Å². The number of rotatable bonds is 15. The van der Waals surface area contributed by atoms with E-state index >= 15 is 0 Å². The molecule has 13 nitrogen and oxygen atoms in total. The Balaban J connectivity index is 5.59. The van der Waals surface area contributed by atoms with Crippen molar-refractivity contribution < 1.29 is 33.9 Å². The fraction of sp³-hybridized carbons (Fsp3) is 0.760. The second-order valence-electron chi connectivity index (χ2n) is 10.8. The molecule has 0 saturated carbocycles. The summed E-state index contributed by atoms with van der Waals surface area (Å²) in [6.07, 6.45) is 0. The van der Waals surface area contributed by atoms with E-state index in [9.17, 15) is 33.9 Å². The zero-order valence-corrected chi connectivity index (χ0v) is 23.9. The predicted molar refractivity (Wildman–Crippen MR) is 141 cm³/mol. The van der Waals surface area contributed by atoms with E-state index in [0.717, 1.165) is 0 Å². The van der Waals surface area contributed by atoms with Gasteiger partial charge in [-0.25, -0.2) is 0 Å². The van der Waals surface area contributed by atoms with Gasteiger partial charge in [0.05, 0.1) is 6.61 Å². The molecule has 5 atom stereocenters. The van der Waals surface area contributed by atoms with Crippen molar-refractivity contribution in [3.05, 3.63) is 0 Å². The van der Waals surface area contributed by atoms with Crippen LogP contribution in [0.1, 0.15) is 62.3 Å². The molecule has 0 rings (SSSR count). The summed E-state index contributed by atoms with van der Waals surface area (Å²) < 4.78 is 0. The van der Waals surface area contributed by atoms with Crippen LogP contribution in [-0.4, -0.2) is 77.4 Å². The predicted octanol–water partition coefficient (Wildman–Crippen LogP) is -1.47. The number of aliphatic hydroxyl groups is 1. The average Bonchev–Trinajstić information content (AvgIpc) is 2.79. The largest absolute Gasteiger partial charge is 0.394 e. The van der Waals surface area contributed by atoms with Gasteiger partial charge in [-0.05, 0) is 23.7 Å². The quantitative estimate of drug-likeness (QED) is 0.130. The first-order valence-electron chi connectivity index (χ1n) is 12.8. The Morgan fingerprint density at radius 1 is 0.553 bits per heavy atom. The van der Waals surface area contributed by atoms with Gasteiger partial charge in [0.25, 0.3) is 0 Å². The van der Waals surface area contributed by atoms with Crippen LogP contribution in [0.2, 0.25) is 0 Å². The minimum Gasteiger partial charge on any atom is -0.394 e. The number of aliphatic hydroxyl groups excluding tert-OH is 1. The topological polar surface area (TPSA) is 209 Å². The van der Waals surface area contributed by atoms with E-state index in [4.69, 9.17) is 5.73 Å². The third-order valence-electron chi connectivity index (χ3n) is 5.89. The van der Waals surface area contributed by atoms with Gasteiger partial charge in [-0.1, -0.05) is 55.4 Å². The van der Waals surface area contributed by atoms with Crippen LogP contribution in [0.15, 0.2) is 0 Å². The van der Waals surface area contributed by atoms with E-state index in [2.05, 4.69) is 26.6 Å². The molecule has 0 saturated heterocycles. The highest BCUT2D eigenvalue weighted by Crippen LogP contribution is 2.09. The van der Waals surface area contributed by atoms with Crippen LogP contribution in [0, 0.1) is 23.7 Å². The molecule has 0 aromatic rings. The summed E-state index contributed by atoms with van der Waals surface area (Å²) in [6.45, 7) is 14.1. The number of nitrogens with two attached hydrogens (primary N) is 1. The number of primary amides is 1. The number of nitrogens with one attached hydrogen (secondary N) is 5. The molecule has 6 amide bonds. The number of carbonyl (C=O) groups excluding carboxylic acids is 6. The van der Waals surface area contributed by atoms with Gasteiger partial charge >= 0.3 is 0 Å². The first kappa shape index (κ1) is 34.8. The highest BCUT2D eigenvalue weighted by molar-refractivity contribution is 5.96. The SMILES string of the molecule is CC(=O)N[C@H](C(=O)N[C@H](C(=O)N[C@@H](CO)C(=O)N[C@H](C(=O)N[C@H](C(N)=O)C(C)C)C(C)C)C(C)C)C(C)C. The lowest BCUT2D eigenvalue weighted by atomic mass is 9.99. The highest BCUT2D eigenvalue weighted by Gasteiger charge is 2.34. The van der Waals surface area contributed by atoms with Crippen LogP contribution >= 0.6 is 0 Å². The van der Waals surface area contributed by atoms with E-state index < -0.39 is 84.1 Å². The molecule has 0 aliphatic rings. The Kier molecular flexibility index (Phi) is 14.6. The van der Waals surface area contributed by atoms with Crippen LogP contribution < -0.4 is 32.3 Å². The fourth-order valence-electron chi connectivity index (χ4n) is 3.59. The highest BCUT2D eigenvalue weighted by atomic mass is 16.3. The Bertz CT molecular complexity index is 859. The summed E-state index contributed by atoms with van der Waals surface area (Å²) in [5.41, 5.74) is 5.36. The lowest BCUT2D eigenvalue weighted by Gasteiger charge is -2.29. The smallest absolute Gasteiger partial charge is 0.245 e. The summed E-state index contributed by atoms with van der Waals surface area (Å²) in [6, 6.07) is -5.41. The van der Waals surface area contributed by atoms with Gasteiger partial charge in [-0.2, -0.15) is 0 Å². The monoisotopic (exact) mass is 542 g/mol. The molecule has 8 N–H and O–H groups in total. The summed E-state index contributed by atoms with van der Waals surface area (Å²) in [4.78, 5) is 74.7. The molecule has 0 aromatic heterocycles. The molecule has 0 fully saturated rings. The number of carbonyl (C=O) groups is 6. The Labute approximate surface area is 224 Å². The number of hydrogen-bond donors (Lipinski definition) is 7. The van der Waals surface area contributed by atoms with Crippen molar-refractivity contribution in [2.24, 2.45) is 29.4 Å². The van der Waals surface area contributed by atoms with Gasteiger partial charge in [0, 0.05) is 6.92 Å². The van der Waals surface area contributed by atoms with Crippen molar-refractivity contribution >= 4 is 35.4 Å². The third-order valence-corrected chi connectivity index (χ3v) is 5.89. The molecule has 0 aromatic carbocycles. The van der Waals surface area contributed by atoms with Crippen LogP contribution in [0.3, 0.4) is 0 Å². The molecule has 0 unspecified atom stereocenters. The summed E-state index contributed by atoms with van der Waals surface area (Å²) in [7, 11) is 0. The molecule has 0 aliphatic carbocycles. The zero-order chi connectivity index (χ0) is 29.9. The van der Waals surface area contributed by atoms with Gasteiger partial charge in [-0.3, -0.25) is 28.8 Å². The van der Waals surface area contributed by atoms with E-state index in [-0.39, 0.29) is 11.8 Å². The van der Waals surface area contributed by atoms with E-state index in [1.54, 1.807) is 55.4 Å². The first-order valence-corrected chi connectivity index (χ1v) is 12.8. The van der Waals surface area contributed by atoms with Crippen molar-refractivity contribution in [1.82, 2.24) is 26.6 Å². The summed E-state index contributed by atoms with van der Waals surface area (Å²) >= 11 is 0. The standard InChI is InChI=1S/C25H46N6O7/c1-11(2)17(21(26)34)29-25(38)20(14(7)8)30-22(35)16(10-32)28-23(36)19(13(5)6)31-24(37)18(12(3)4)27-15(9)33/h11-14,16-20,32H,10H2,1-9H3,(H2,26,34)(H,27,33)(H,28,36)(H,29,38)(H,30,35)(H,31,37)/t16-,17-,18-,19-,20-/m0/s1. The van der Waals surface area contributed by atoms with Gasteiger partial charge in [0.2, 0.25) is 35.4 Å². The van der Waals surface area contributed by atoms with Gasteiger partial charge in [0.1, 0.15) is 30.2 Å². The molecule has 0 bridgehead atoms. The van der Waals surface area contributed by atoms with Crippen LogP contribution in [0.5, 0.6) is 0 Å². The molecule has 13 heteroatoms. The molecular weight excluding hydrogens is 496 g/mol. The van der Waals surface area contributed by atoms with Crippen molar-refractivity contribution in [3.8, 4) is 0 Å². The second-order valence-corrected chi connectivity index (χ2v) is 10.8. The lowest BCUT2D eigenvalue weighted by molar-refractivity contribution is -0.136. The minimum absolute atomic E-state index is 0.255. The Hall–Kier alpha value is -3.22. The number of hydrogen-bond acceptors (Lipinski definition) is 7. The van der Waals surface area contributed by atoms with Crippen molar-refractivity contribution in [2.45, 2.75) is 92.5 Å². The van der Waals surface area contributed by atoms with Crippen LogP contribution in [-0.2, 0) is 28.8 Å². The van der Waals surface area contributed by atoms with Crippen molar-refractivity contribution in [2.75, 3.05) is 6.61 Å². The maximum absolute atomic E-state index is 13.0. The summed E-state index contributed by atoms with van der Waals surface area (Å²) in [5.74, 6) is -5.24. The fourth-order valence-corrected chi connectivity index (χ4v) is 3.59. The first-order chi connectivity index (χ1) is 17.4. The zero-order valence-electron chi connectivity index (χ0n) is 23.9. The van der Waals surface area contributed by atoms with Crippen LogP contribution in [0.4, 0.5) is 0 Å². The van der Waals surface area contributed by atoms with Gasteiger partial charge in [-0.15, -0.1) is 0 Å². The lowest BCUT2D eigenvalue weighted by Crippen LogP contribution is -2.61.